The number of rotatable bonds is 3. The van der Waals surface area contributed by atoms with E-state index in [4.69, 9.17) is 9.73 Å². The van der Waals surface area contributed by atoms with Crippen molar-refractivity contribution in [3.63, 3.8) is 0 Å². The second kappa shape index (κ2) is 7.64. The van der Waals surface area contributed by atoms with Crippen LogP contribution >= 0.6 is 11.8 Å². The molecule has 0 amide bonds. The van der Waals surface area contributed by atoms with Gasteiger partial charge in [-0.1, -0.05) is 31.0 Å². The van der Waals surface area contributed by atoms with Crippen molar-refractivity contribution in [2.75, 3.05) is 7.11 Å². The number of hydrazone groups is 1. The van der Waals surface area contributed by atoms with Crippen LogP contribution in [0.2, 0.25) is 0 Å². The molecule has 1 fully saturated rings. The molecule has 0 saturated heterocycles. The zero-order chi connectivity index (χ0) is 18.0. The van der Waals surface area contributed by atoms with Gasteiger partial charge in [-0.2, -0.15) is 5.10 Å². The lowest BCUT2D eigenvalue weighted by Gasteiger charge is -2.24. The lowest BCUT2D eigenvalue weighted by molar-refractivity contribution is 0.0599. The van der Waals surface area contributed by atoms with Gasteiger partial charge < -0.3 is 9.72 Å². The van der Waals surface area contributed by atoms with Gasteiger partial charge in [-0.15, -0.1) is 0 Å². The van der Waals surface area contributed by atoms with E-state index in [1.165, 1.54) is 39.2 Å². The number of amidine groups is 1. The number of aromatic amines is 1. The van der Waals surface area contributed by atoms with E-state index < -0.39 is 0 Å². The molecule has 1 saturated carbocycles. The van der Waals surface area contributed by atoms with Crippen molar-refractivity contribution in [1.82, 2.24) is 10.4 Å². The minimum absolute atomic E-state index is 0.158. The summed E-state index contributed by atoms with van der Waals surface area (Å²) in [7, 11) is 1.40. The van der Waals surface area contributed by atoms with Gasteiger partial charge in [0.25, 0.3) is 0 Å². The van der Waals surface area contributed by atoms with Gasteiger partial charge in [0.2, 0.25) is 0 Å². The quantitative estimate of drug-likeness (QED) is 0.806. The molecule has 7 heteroatoms. The summed E-state index contributed by atoms with van der Waals surface area (Å²) < 4.78 is 4.89. The van der Waals surface area contributed by atoms with Gasteiger partial charge in [0.05, 0.1) is 35.4 Å². The Morgan fingerprint density at radius 3 is 2.64 bits per heavy atom. The summed E-state index contributed by atoms with van der Waals surface area (Å²) >= 11 is 1.69. The van der Waals surface area contributed by atoms with Gasteiger partial charge in [-0.05, 0) is 39.2 Å². The Bertz CT molecular complexity index is 717. The molecule has 1 atom stereocenters. The number of aromatic nitrogens is 1. The van der Waals surface area contributed by atoms with Crippen molar-refractivity contribution in [3.05, 3.63) is 22.5 Å². The van der Waals surface area contributed by atoms with Crippen molar-refractivity contribution < 1.29 is 9.53 Å². The number of carbonyl (C=O) groups excluding carboxylic acids is 1. The maximum Gasteiger partial charge on any atom is 0.339 e. The van der Waals surface area contributed by atoms with Crippen LogP contribution < -0.4 is 5.43 Å². The number of H-pyrrole nitrogens is 1. The van der Waals surface area contributed by atoms with Crippen LogP contribution in [0.3, 0.4) is 0 Å². The summed E-state index contributed by atoms with van der Waals surface area (Å²) in [5, 5.41) is 5.62. The zero-order valence-electron chi connectivity index (χ0n) is 15.3. The number of nitrogens with zero attached hydrogens (tertiary/aromatic N) is 2. The zero-order valence-corrected chi connectivity index (χ0v) is 16.1. The van der Waals surface area contributed by atoms with Crippen molar-refractivity contribution in [2.45, 2.75) is 64.2 Å². The van der Waals surface area contributed by atoms with Gasteiger partial charge in [0.15, 0.2) is 5.17 Å². The summed E-state index contributed by atoms with van der Waals surface area (Å²) in [5.41, 5.74) is 7.19. The van der Waals surface area contributed by atoms with Crippen LogP contribution in [0, 0.1) is 13.8 Å². The molecule has 0 spiro atoms. The molecule has 1 aliphatic carbocycles. The largest absolute Gasteiger partial charge is 0.465 e. The summed E-state index contributed by atoms with van der Waals surface area (Å²) in [5.74, 6) is -0.318. The van der Waals surface area contributed by atoms with Crippen LogP contribution in [0.4, 0.5) is 0 Å². The summed E-state index contributed by atoms with van der Waals surface area (Å²) in [6, 6.07) is 0.424. The predicted octanol–water partition coefficient (Wildman–Crippen LogP) is 3.54. The Labute approximate surface area is 152 Å². The number of nitrogens with one attached hydrogen (secondary N) is 2. The number of hydrogen-bond acceptors (Lipinski definition) is 5. The number of ether oxygens (including phenoxy) is 1. The third-order valence-corrected chi connectivity index (χ3v) is 5.90. The first kappa shape index (κ1) is 18.0. The molecule has 1 aromatic rings. The van der Waals surface area contributed by atoms with Crippen LogP contribution in [-0.4, -0.2) is 40.2 Å². The summed E-state index contributed by atoms with van der Waals surface area (Å²) in [6.07, 6.45) is 6.22. The highest BCUT2D eigenvalue weighted by molar-refractivity contribution is 8.15. The van der Waals surface area contributed by atoms with Crippen molar-refractivity contribution >= 4 is 28.6 Å². The molecular weight excluding hydrogens is 336 g/mol. The lowest BCUT2D eigenvalue weighted by atomic mass is 9.96. The molecule has 25 heavy (non-hydrogen) atoms. The average molecular weight is 362 g/mol. The number of aliphatic imine (C=N–C) groups is 1. The Morgan fingerprint density at radius 2 is 2.00 bits per heavy atom. The first-order valence-corrected chi connectivity index (χ1v) is 9.75. The number of thioether (sulfide) groups is 1. The van der Waals surface area contributed by atoms with Crippen LogP contribution in [-0.2, 0) is 4.74 Å². The molecule has 2 N–H and O–H groups in total. The molecule has 0 radical (unpaired) electrons. The minimum atomic E-state index is -0.318. The molecule has 0 aromatic carbocycles. The van der Waals surface area contributed by atoms with E-state index in [1.807, 2.05) is 13.8 Å². The Kier molecular flexibility index (Phi) is 5.51. The van der Waals surface area contributed by atoms with E-state index >= 15 is 0 Å². The molecule has 0 unspecified atom stereocenters. The first-order chi connectivity index (χ1) is 12.0. The van der Waals surface area contributed by atoms with E-state index in [2.05, 4.69) is 22.4 Å². The van der Waals surface area contributed by atoms with Crippen molar-refractivity contribution in [2.24, 2.45) is 10.1 Å². The molecular formula is C18H26N4O2S. The van der Waals surface area contributed by atoms with E-state index in [9.17, 15) is 4.79 Å². The van der Waals surface area contributed by atoms with Crippen LogP contribution in [0.1, 0.15) is 66.3 Å². The number of esters is 1. The predicted molar refractivity (Wildman–Crippen MR) is 103 cm³/mol. The van der Waals surface area contributed by atoms with Gasteiger partial charge >= 0.3 is 5.97 Å². The maximum absolute atomic E-state index is 12.0. The van der Waals surface area contributed by atoms with Gasteiger partial charge in [-0.3, -0.25) is 10.4 Å². The van der Waals surface area contributed by atoms with Gasteiger partial charge in [-0.25, -0.2) is 4.79 Å². The molecule has 136 valence electrons. The molecule has 3 rings (SSSR count). The topological polar surface area (TPSA) is 78.8 Å². The smallest absolute Gasteiger partial charge is 0.339 e. The molecule has 1 aromatic heterocycles. The monoisotopic (exact) mass is 362 g/mol. The third-order valence-electron chi connectivity index (χ3n) is 4.90. The fourth-order valence-corrected chi connectivity index (χ4v) is 4.48. The second-order valence-electron chi connectivity index (χ2n) is 6.71. The summed E-state index contributed by atoms with van der Waals surface area (Å²) in [4.78, 5) is 20.1. The molecule has 2 aliphatic rings. The van der Waals surface area contributed by atoms with E-state index in [0.29, 0.717) is 11.6 Å². The lowest BCUT2D eigenvalue weighted by Crippen LogP contribution is -2.32. The van der Waals surface area contributed by atoms with Crippen LogP contribution in [0.25, 0.3) is 0 Å². The fraction of sp³-hybridized carbons (Fsp3) is 0.611. The normalized spacial score (nSPS) is 23.3. The highest BCUT2D eigenvalue weighted by Crippen LogP contribution is 2.28. The highest BCUT2D eigenvalue weighted by atomic mass is 32.2. The van der Waals surface area contributed by atoms with Crippen LogP contribution in [0.5, 0.6) is 0 Å². The number of methoxy groups -OCH3 is 1. The average Bonchev–Trinajstić information content (AvgIpc) is 2.90. The Morgan fingerprint density at radius 1 is 1.28 bits per heavy atom. The highest BCUT2D eigenvalue weighted by Gasteiger charge is 2.28. The molecule has 0 bridgehead atoms. The SMILES string of the molecule is COC(=O)c1c(C)[nH]c(C2=NNC(=NC3CCCCC3)S[C@H]2C)c1C. The maximum atomic E-state index is 12.0. The number of carbonyl (C=O) groups is 1. The molecule has 1 aliphatic heterocycles. The van der Waals surface area contributed by atoms with Crippen LogP contribution in [0.15, 0.2) is 10.1 Å². The second-order valence-corrected chi connectivity index (χ2v) is 8.04. The standard InChI is InChI=1S/C18H26N4O2S/c1-10-14(17(23)24-4)11(2)19-15(10)16-12(3)25-18(22-21-16)20-13-8-6-5-7-9-13/h12-13,19H,5-9H2,1-4H3,(H,20,22)/t12-/m0/s1. The van der Waals surface area contributed by atoms with Crippen molar-refractivity contribution in [3.8, 4) is 0 Å². The Hall–Kier alpha value is -1.76. The number of aryl methyl sites for hydroxylation is 1. The Balaban J connectivity index is 1.82. The molecule has 2 heterocycles. The minimum Gasteiger partial charge on any atom is -0.465 e. The third kappa shape index (κ3) is 3.76. The van der Waals surface area contributed by atoms with Gasteiger partial charge in [0.1, 0.15) is 0 Å². The van der Waals surface area contributed by atoms with Gasteiger partial charge in [0, 0.05) is 5.69 Å². The number of hydrogen-bond donors (Lipinski definition) is 2. The van der Waals surface area contributed by atoms with Crippen molar-refractivity contribution in [1.29, 1.82) is 0 Å². The van der Waals surface area contributed by atoms with E-state index in [0.717, 1.165) is 27.8 Å². The molecule has 6 nitrogen and oxygen atoms in total. The summed E-state index contributed by atoms with van der Waals surface area (Å²) in [6.45, 7) is 5.93. The van der Waals surface area contributed by atoms with E-state index in [-0.39, 0.29) is 11.2 Å². The van der Waals surface area contributed by atoms with E-state index in [1.54, 1.807) is 11.8 Å². The fourth-order valence-electron chi connectivity index (χ4n) is 3.56. The first-order valence-electron chi connectivity index (χ1n) is 8.87.